The molecule has 0 atom stereocenters. The number of aromatic nitrogens is 1. The minimum Gasteiger partial charge on any atom is -0.289 e. The van der Waals surface area contributed by atoms with Gasteiger partial charge in [0.25, 0.3) is 0 Å². The van der Waals surface area contributed by atoms with Crippen molar-refractivity contribution in [1.29, 1.82) is 0 Å². The van der Waals surface area contributed by atoms with E-state index < -0.39 is 0 Å². The fourth-order valence-corrected chi connectivity index (χ4v) is 2.57. The molecule has 0 aliphatic rings. The minimum absolute atomic E-state index is 0. The quantitative estimate of drug-likeness (QED) is 0.653. The molecule has 0 aliphatic heterocycles. The van der Waals surface area contributed by atoms with Gasteiger partial charge in [0, 0.05) is 25.8 Å². The first-order valence-electron chi connectivity index (χ1n) is 7.60. The fraction of sp³-hybridized carbons (Fsp3) is 0.150. The molecule has 0 unspecified atom stereocenters. The van der Waals surface area contributed by atoms with E-state index in [4.69, 9.17) is 0 Å². The zero-order chi connectivity index (χ0) is 15.0. The van der Waals surface area contributed by atoms with Crippen LogP contribution in [0.2, 0.25) is 0 Å². The maximum atomic E-state index is 4.46. The first-order valence-corrected chi connectivity index (χ1v) is 7.60. The molecule has 3 aromatic rings. The highest BCUT2D eigenvalue weighted by molar-refractivity contribution is 5.85. The second kappa shape index (κ2) is 9.09. The molecule has 118 valence electrons. The minimum atomic E-state index is 0. The van der Waals surface area contributed by atoms with Gasteiger partial charge in [-0.25, -0.2) is 0 Å². The van der Waals surface area contributed by atoms with Crippen LogP contribution in [0.5, 0.6) is 0 Å². The topological polar surface area (TPSA) is 16.1 Å². The van der Waals surface area contributed by atoms with Crippen molar-refractivity contribution in [2.24, 2.45) is 0 Å². The molecule has 1 heterocycles. The van der Waals surface area contributed by atoms with Crippen molar-refractivity contribution in [1.82, 2.24) is 9.88 Å². The molecule has 2 nitrogen and oxygen atoms in total. The first-order chi connectivity index (χ1) is 10.9. The van der Waals surface area contributed by atoms with Crippen molar-refractivity contribution in [3.63, 3.8) is 0 Å². The molecule has 3 heteroatoms. The van der Waals surface area contributed by atoms with Crippen LogP contribution in [0.3, 0.4) is 0 Å². The Balaban J connectivity index is 0.00000192. The first kappa shape index (κ1) is 17.2. The summed E-state index contributed by atoms with van der Waals surface area (Å²) in [4.78, 5) is 6.88. The van der Waals surface area contributed by atoms with Crippen LogP contribution in [0.4, 0.5) is 0 Å². The maximum Gasteiger partial charge on any atom is 0.0544 e. The van der Waals surface area contributed by atoms with Crippen LogP contribution < -0.4 is 0 Å². The average molecular weight is 325 g/mol. The van der Waals surface area contributed by atoms with Gasteiger partial charge in [-0.3, -0.25) is 9.88 Å². The summed E-state index contributed by atoms with van der Waals surface area (Å²) in [5.41, 5.74) is 3.76. The van der Waals surface area contributed by atoms with E-state index in [-0.39, 0.29) is 12.4 Å². The monoisotopic (exact) mass is 324 g/mol. The SMILES string of the molecule is Cl.c1ccc(CN(Cc2ccccc2)Cc2ccccn2)cc1. The standard InChI is InChI=1S/C20H20N2.ClH/c1-3-9-18(10-4-1)15-22(16-19-11-5-2-6-12-19)17-20-13-7-8-14-21-20;/h1-14H,15-17H2;1H. The van der Waals surface area contributed by atoms with Gasteiger partial charge in [0.05, 0.1) is 5.69 Å². The van der Waals surface area contributed by atoms with Crippen LogP contribution in [-0.2, 0) is 19.6 Å². The smallest absolute Gasteiger partial charge is 0.0544 e. The van der Waals surface area contributed by atoms with Crippen LogP contribution >= 0.6 is 12.4 Å². The van der Waals surface area contributed by atoms with E-state index in [1.807, 2.05) is 18.3 Å². The summed E-state index contributed by atoms with van der Waals surface area (Å²) in [6, 6.07) is 27.3. The van der Waals surface area contributed by atoms with Crippen LogP contribution in [0.1, 0.15) is 16.8 Å². The maximum absolute atomic E-state index is 4.46. The Morgan fingerprint density at radius 1 is 0.609 bits per heavy atom. The largest absolute Gasteiger partial charge is 0.289 e. The van der Waals surface area contributed by atoms with Crippen molar-refractivity contribution in [3.8, 4) is 0 Å². The lowest BCUT2D eigenvalue weighted by Gasteiger charge is -2.22. The van der Waals surface area contributed by atoms with Crippen LogP contribution in [-0.4, -0.2) is 9.88 Å². The molecule has 0 aliphatic carbocycles. The fourth-order valence-electron chi connectivity index (χ4n) is 2.57. The molecule has 3 rings (SSSR count). The summed E-state index contributed by atoms with van der Waals surface area (Å²) < 4.78 is 0. The predicted octanol–water partition coefficient (Wildman–Crippen LogP) is 4.71. The molecule has 0 spiro atoms. The van der Waals surface area contributed by atoms with Gasteiger partial charge in [-0.05, 0) is 23.3 Å². The molecule has 23 heavy (non-hydrogen) atoms. The van der Waals surface area contributed by atoms with Gasteiger partial charge in [0.15, 0.2) is 0 Å². The van der Waals surface area contributed by atoms with E-state index in [2.05, 4.69) is 76.6 Å². The van der Waals surface area contributed by atoms with Gasteiger partial charge < -0.3 is 0 Å². The second-order valence-electron chi connectivity index (χ2n) is 5.44. The lowest BCUT2D eigenvalue weighted by Crippen LogP contribution is -2.22. The molecule has 0 fully saturated rings. The highest BCUT2D eigenvalue weighted by Crippen LogP contribution is 2.13. The van der Waals surface area contributed by atoms with Crippen molar-refractivity contribution >= 4 is 12.4 Å². The summed E-state index contributed by atoms with van der Waals surface area (Å²) in [7, 11) is 0. The lowest BCUT2D eigenvalue weighted by atomic mass is 10.1. The number of rotatable bonds is 6. The number of hydrogen-bond acceptors (Lipinski definition) is 2. The average Bonchev–Trinajstić information content (AvgIpc) is 2.57. The predicted molar refractivity (Wildman–Crippen MR) is 97.3 cm³/mol. The normalized spacial score (nSPS) is 10.3. The zero-order valence-electron chi connectivity index (χ0n) is 13.0. The van der Waals surface area contributed by atoms with E-state index in [0.717, 1.165) is 25.3 Å². The molecule has 0 N–H and O–H groups in total. The van der Waals surface area contributed by atoms with Crippen LogP contribution in [0, 0.1) is 0 Å². The molecule has 2 aromatic carbocycles. The van der Waals surface area contributed by atoms with Gasteiger partial charge in [0.1, 0.15) is 0 Å². The molecule has 1 aromatic heterocycles. The summed E-state index contributed by atoms with van der Waals surface area (Å²) in [5.74, 6) is 0. The molecular weight excluding hydrogens is 304 g/mol. The molecule has 0 saturated heterocycles. The van der Waals surface area contributed by atoms with E-state index in [1.54, 1.807) is 0 Å². The summed E-state index contributed by atoms with van der Waals surface area (Å²) in [6.07, 6.45) is 1.86. The van der Waals surface area contributed by atoms with Crippen molar-refractivity contribution in [2.45, 2.75) is 19.6 Å². The third-order valence-corrected chi connectivity index (χ3v) is 3.61. The van der Waals surface area contributed by atoms with E-state index in [1.165, 1.54) is 11.1 Å². The molecule has 0 bridgehead atoms. The summed E-state index contributed by atoms with van der Waals surface area (Å²) >= 11 is 0. The lowest BCUT2D eigenvalue weighted by molar-refractivity contribution is 0.244. The molecule has 0 radical (unpaired) electrons. The summed E-state index contributed by atoms with van der Waals surface area (Å²) in [6.45, 7) is 2.70. The third-order valence-electron chi connectivity index (χ3n) is 3.61. The Kier molecular flexibility index (Phi) is 6.79. The van der Waals surface area contributed by atoms with Crippen molar-refractivity contribution in [3.05, 3.63) is 102 Å². The van der Waals surface area contributed by atoms with Gasteiger partial charge in [-0.2, -0.15) is 0 Å². The van der Waals surface area contributed by atoms with E-state index in [9.17, 15) is 0 Å². The van der Waals surface area contributed by atoms with Crippen molar-refractivity contribution in [2.75, 3.05) is 0 Å². The zero-order valence-corrected chi connectivity index (χ0v) is 13.8. The van der Waals surface area contributed by atoms with E-state index >= 15 is 0 Å². The van der Waals surface area contributed by atoms with Gasteiger partial charge >= 0.3 is 0 Å². The third kappa shape index (κ3) is 5.51. The molecular formula is C20H21ClN2. The number of nitrogens with zero attached hydrogens (tertiary/aromatic N) is 2. The Hall–Kier alpha value is -2.16. The van der Waals surface area contributed by atoms with Gasteiger partial charge in [0.2, 0.25) is 0 Å². The van der Waals surface area contributed by atoms with Gasteiger partial charge in [-0.1, -0.05) is 66.7 Å². The Bertz CT molecular complexity index is 573. The number of pyridine rings is 1. The highest BCUT2D eigenvalue weighted by atomic mass is 35.5. The second-order valence-corrected chi connectivity index (χ2v) is 5.44. The van der Waals surface area contributed by atoms with Crippen LogP contribution in [0.15, 0.2) is 85.1 Å². The highest BCUT2D eigenvalue weighted by Gasteiger charge is 2.08. The summed E-state index contributed by atoms with van der Waals surface area (Å²) in [5, 5.41) is 0. The van der Waals surface area contributed by atoms with E-state index in [0.29, 0.717) is 0 Å². The number of hydrogen-bond donors (Lipinski definition) is 0. The Labute approximate surface area is 144 Å². The van der Waals surface area contributed by atoms with Crippen molar-refractivity contribution < 1.29 is 0 Å². The Morgan fingerprint density at radius 3 is 1.61 bits per heavy atom. The Morgan fingerprint density at radius 2 is 1.13 bits per heavy atom. The number of benzene rings is 2. The molecule has 0 amide bonds. The van der Waals surface area contributed by atoms with Crippen LogP contribution in [0.25, 0.3) is 0 Å². The molecule has 0 saturated carbocycles. The number of halogens is 1. The van der Waals surface area contributed by atoms with Gasteiger partial charge in [-0.15, -0.1) is 12.4 Å².